The van der Waals surface area contributed by atoms with Gasteiger partial charge in [-0.05, 0) is 23.0 Å². The zero-order valence-corrected chi connectivity index (χ0v) is 12.6. The lowest BCUT2D eigenvalue weighted by molar-refractivity contribution is 0.0392. The van der Waals surface area contributed by atoms with Crippen LogP contribution in [0, 0.1) is 11.8 Å². The summed E-state index contributed by atoms with van der Waals surface area (Å²) in [5.74, 6) is 1.27. The number of hydrogen-bond acceptors (Lipinski definition) is 3. The minimum Gasteiger partial charge on any atom is -0.379 e. The molecule has 1 saturated heterocycles. The van der Waals surface area contributed by atoms with Crippen molar-refractivity contribution in [1.82, 2.24) is 4.90 Å². The van der Waals surface area contributed by atoms with Crippen molar-refractivity contribution in [2.24, 2.45) is 17.6 Å². The first-order valence-electron chi connectivity index (χ1n) is 8.00. The number of piperidine rings is 1. The highest BCUT2D eigenvalue weighted by Gasteiger charge is 2.54. The Morgan fingerprint density at radius 1 is 0.909 bits per heavy atom. The Balaban J connectivity index is 1.64. The van der Waals surface area contributed by atoms with Gasteiger partial charge in [0.1, 0.15) is 5.60 Å². The Labute approximate surface area is 131 Å². The van der Waals surface area contributed by atoms with Crippen LogP contribution in [0.1, 0.15) is 11.1 Å². The summed E-state index contributed by atoms with van der Waals surface area (Å²) in [6.45, 7) is 2.64. The molecule has 114 valence electrons. The summed E-state index contributed by atoms with van der Waals surface area (Å²) in [5, 5.41) is 11.5. The van der Waals surface area contributed by atoms with Crippen molar-refractivity contribution in [3.05, 3.63) is 71.8 Å². The van der Waals surface area contributed by atoms with Crippen LogP contribution in [0.25, 0.3) is 0 Å². The van der Waals surface area contributed by atoms with E-state index in [2.05, 4.69) is 4.90 Å². The predicted molar refractivity (Wildman–Crippen MR) is 87.3 cm³/mol. The fourth-order valence-corrected chi connectivity index (χ4v) is 3.89. The molecule has 1 saturated carbocycles. The van der Waals surface area contributed by atoms with Gasteiger partial charge in [0.05, 0.1) is 0 Å². The second-order valence-corrected chi connectivity index (χ2v) is 6.69. The summed E-state index contributed by atoms with van der Waals surface area (Å²) in [6.07, 6.45) is 0. The van der Waals surface area contributed by atoms with E-state index in [0.717, 1.165) is 24.2 Å². The molecule has 2 unspecified atom stereocenters. The standard InChI is InChI=1S/C19H22N2O/c20-18-16-11-21(12-17(16)18)13-19(22,14-7-3-1-4-8-14)15-9-5-2-6-10-15/h1-10,16-18,22H,11-13,20H2. The Bertz CT molecular complexity index is 591. The average molecular weight is 294 g/mol. The van der Waals surface area contributed by atoms with Gasteiger partial charge >= 0.3 is 0 Å². The topological polar surface area (TPSA) is 49.5 Å². The van der Waals surface area contributed by atoms with Gasteiger partial charge in [0.25, 0.3) is 0 Å². The molecule has 2 atom stereocenters. The van der Waals surface area contributed by atoms with Crippen LogP contribution in [0.15, 0.2) is 60.7 Å². The highest BCUT2D eigenvalue weighted by Crippen LogP contribution is 2.45. The van der Waals surface area contributed by atoms with Crippen LogP contribution in [-0.2, 0) is 5.60 Å². The van der Waals surface area contributed by atoms with E-state index in [1.807, 2.05) is 60.7 Å². The van der Waals surface area contributed by atoms with Crippen LogP contribution in [0.4, 0.5) is 0 Å². The number of hydrogen-bond donors (Lipinski definition) is 2. The van der Waals surface area contributed by atoms with Crippen LogP contribution >= 0.6 is 0 Å². The van der Waals surface area contributed by atoms with Crippen molar-refractivity contribution in [3.8, 4) is 0 Å². The lowest BCUT2D eigenvalue weighted by atomic mass is 9.86. The number of rotatable bonds is 4. The van der Waals surface area contributed by atoms with E-state index in [1.54, 1.807) is 0 Å². The van der Waals surface area contributed by atoms with Gasteiger partial charge in [0.2, 0.25) is 0 Å². The molecular weight excluding hydrogens is 272 g/mol. The van der Waals surface area contributed by atoms with E-state index in [-0.39, 0.29) is 0 Å². The zero-order valence-electron chi connectivity index (χ0n) is 12.6. The van der Waals surface area contributed by atoms with Crippen molar-refractivity contribution in [3.63, 3.8) is 0 Å². The molecule has 2 aromatic carbocycles. The minimum atomic E-state index is -0.969. The molecule has 22 heavy (non-hydrogen) atoms. The van der Waals surface area contributed by atoms with Crippen LogP contribution in [0.3, 0.4) is 0 Å². The molecule has 0 amide bonds. The van der Waals surface area contributed by atoms with E-state index in [0.29, 0.717) is 24.4 Å². The van der Waals surface area contributed by atoms with E-state index >= 15 is 0 Å². The van der Waals surface area contributed by atoms with E-state index in [4.69, 9.17) is 5.73 Å². The lowest BCUT2D eigenvalue weighted by Gasteiger charge is -2.34. The highest BCUT2D eigenvalue weighted by molar-refractivity contribution is 5.36. The lowest BCUT2D eigenvalue weighted by Crippen LogP contribution is -2.42. The minimum absolute atomic E-state index is 0.387. The number of benzene rings is 2. The summed E-state index contributed by atoms with van der Waals surface area (Å²) in [4.78, 5) is 2.36. The monoisotopic (exact) mass is 294 g/mol. The second-order valence-electron chi connectivity index (χ2n) is 6.69. The first-order chi connectivity index (χ1) is 10.7. The Kier molecular flexibility index (Phi) is 3.30. The van der Waals surface area contributed by atoms with Crippen LogP contribution in [0.5, 0.6) is 0 Å². The van der Waals surface area contributed by atoms with Crippen LogP contribution in [0.2, 0.25) is 0 Å². The molecule has 1 heterocycles. The number of β-amino-alcohol motifs (C(OH)–C–C–N with tert-alkyl or cyclic N) is 1. The van der Waals surface area contributed by atoms with Gasteiger partial charge < -0.3 is 10.8 Å². The molecule has 3 heteroatoms. The summed E-state index contributed by atoms with van der Waals surface area (Å²) >= 11 is 0. The fourth-order valence-electron chi connectivity index (χ4n) is 3.89. The smallest absolute Gasteiger partial charge is 0.127 e. The van der Waals surface area contributed by atoms with Gasteiger partial charge in [0.15, 0.2) is 0 Å². The maximum Gasteiger partial charge on any atom is 0.127 e. The van der Waals surface area contributed by atoms with Crippen molar-refractivity contribution < 1.29 is 5.11 Å². The van der Waals surface area contributed by atoms with Gasteiger partial charge in [0, 0.05) is 25.7 Å². The highest BCUT2D eigenvalue weighted by atomic mass is 16.3. The third-order valence-corrected chi connectivity index (χ3v) is 5.29. The number of aliphatic hydroxyl groups is 1. The maximum absolute atomic E-state index is 11.5. The van der Waals surface area contributed by atoms with Crippen molar-refractivity contribution in [1.29, 1.82) is 0 Å². The third kappa shape index (κ3) is 2.26. The van der Waals surface area contributed by atoms with E-state index in [1.165, 1.54) is 0 Å². The van der Waals surface area contributed by atoms with Crippen LogP contribution < -0.4 is 5.73 Å². The average Bonchev–Trinajstić information content (AvgIpc) is 2.98. The molecule has 3 N–H and O–H groups in total. The number of nitrogens with zero attached hydrogens (tertiary/aromatic N) is 1. The summed E-state index contributed by atoms with van der Waals surface area (Å²) < 4.78 is 0. The second kappa shape index (κ2) is 5.20. The zero-order chi connectivity index (χ0) is 15.2. The molecule has 2 fully saturated rings. The van der Waals surface area contributed by atoms with Crippen molar-refractivity contribution >= 4 is 0 Å². The quantitative estimate of drug-likeness (QED) is 0.904. The van der Waals surface area contributed by atoms with E-state index < -0.39 is 5.60 Å². The first-order valence-corrected chi connectivity index (χ1v) is 8.00. The van der Waals surface area contributed by atoms with Gasteiger partial charge in [-0.25, -0.2) is 0 Å². The molecule has 2 aromatic rings. The molecule has 2 aliphatic rings. The van der Waals surface area contributed by atoms with Gasteiger partial charge in [-0.3, -0.25) is 4.90 Å². The SMILES string of the molecule is NC1C2CN(CC(O)(c3ccccc3)c3ccccc3)CC12. The molecule has 3 nitrogen and oxygen atoms in total. The molecule has 0 spiro atoms. The molecule has 1 aliphatic heterocycles. The van der Waals surface area contributed by atoms with Gasteiger partial charge in [-0.2, -0.15) is 0 Å². The Morgan fingerprint density at radius 3 is 1.82 bits per heavy atom. The van der Waals surface area contributed by atoms with Crippen molar-refractivity contribution in [2.45, 2.75) is 11.6 Å². The summed E-state index contributed by atoms with van der Waals surface area (Å²) in [7, 11) is 0. The molecule has 0 radical (unpaired) electrons. The Morgan fingerprint density at radius 2 is 1.36 bits per heavy atom. The van der Waals surface area contributed by atoms with E-state index in [9.17, 15) is 5.11 Å². The van der Waals surface area contributed by atoms with Gasteiger partial charge in [-0.15, -0.1) is 0 Å². The van der Waals surface area contributed by atoms with Gasteiger partial charge in [-0.1, -0.05) is 60.7 Å². The molecule has 1 aliphatic carbocycles. The molecule has 0 aromatic heterocycles. The number of likely N-dealkylation sites (tertiary alicyclic amines) is 1. The molecule has 0 bridgehead atoms. The summed E-state index contributed by atoms with van der Waals surface area (Å²) in [5.41, 5.74) is 6.96. The number of fused-ring (bicyclic) bond motifs is 1. The Hall–Kier alpha value is -1.68. The van der Waals surface area contributed by atoms with Crippen LogP contribution in [-0.4, -0.2) is 35.7 Å². The largest absolute Gasteiger partial charge is 0.379 e. The molecular formula is C19H22N2O. The number of nitrogens with two attached hydrogens (primary N) is 1. The summed E-state index contributed by atoms with van der Waals surface area (Å²) in [6, 6.07) is 20.3. The maximum atomic E-state index is 11.5. The normalized spacial score (nSPS) is 27.6. The van der Waals surface area contributed by atoms with Crippen molar-refractivity contribution in [2.75, 3.05) is 19.6 Å². The third-order valence-electron chi connectivity index (χ3n) is 5.29. The first kappa shape index (κ1) is 13.9. The molecule has 4 rings (SSSR count). The predicted octanol–water partition coefficient (Wildman–Crippen LogP) is 1.81. The fraction of sp³-hybridized carbons (Fsp3) is 0.368.